The maximum absolute atomic E-state index is 12.3. The van der Waals surface area contributed by atoms with E-state index >= 15 is 0 Å². The molecule has 1 fully saturated rings. The van der Waals surface area contributed by atoms with Crippen LogP contribution in [-0.2, 0) is 16.8 Å². The molecule has 1 heterocycles. The lowest BCUT2D eigenvalue weighted by atomic mass is 10.3. The van der Waals surface area contributed by atoms with Crippen LogP contribution in [0.2, 0.25) is 0 Å². The van der Waals surface area contributed by atoms with E-state index in [2.05, 4.69) is 6.92 Å². The van der Waals surface area contributed by atoms with Gasteiger partial charge in [0.1, 0.15) is 11.5 Å². The van der Waals surface area contributed by atoms with Gasteiger partial charge >= 0.3 is 0 Å². The summed E-state index contributed by atoms with van der Waals surface area (Å²) in [5.41, 5.74) is 0. The van der Waals surface area contributed by atoms with Gasteiger partial charge in [0.15, 0.2) is 0 Å². The second kappa shape index (κ2) is 5.50. The van der Waals surface area contributed by atoms with Crippen LogP contribution in [0.5, 0.6) is 0 Å². The molecule has 1 aliphatic rings. The summed E-state index contributed by atoms with van der Waals surface area (Å²) < 4.78 is 33.0. The van der Waals surface area contributed by atoms with Crippen molar-refractivity contribution < 1.29 is 12.8 Å². The van der Waals surface area contributed by atoms with Gasteiger partial charge in [0.2, 0.25) is 0 Å². The van der Waals surface area contributed by atoms with Crippen LogP contribution in [0.4, 0.5) is 0 Å². The second-order valence-corrected chi connectivity index (χ2v) is 8.09. The third-order valence-corrected chi connectivity index (χ3v) is 6.09. The Kier molecular flexibility index (Phi) is 4.27. The summed E-state index contributed by atoms with van der Waals surface area (Å²) in [6.07, 6.45) is 1.16. The van der Waals surface area contributed by atoms with Gasteiger partial charge in [0.25, 0.3) is 10.2 Å². The largest absolute Gasteiger partial charge is 0.464 e. The highest BCUT2D eigenvalue weighted by atomic mass is 32.2. The van der Waals surface area contributed by atoms with E-state index in [9.17, 15) is 8.42 Å². The number of hydrogen-bond donors (Lipinski definition) is 0. The van der Waals surface area contributed by atoms with Gasteiger partial charge < -0.3 is 4.42 Å². The van der Waals surface area contributed by atoms with E-state index < -0.39 is 10.2 Å². The van der Waals surface area contributed by atoms with Gasteiger partial charge in [-0.05, 0) is 38.3 Å². The summed E-state index contributed by atoms with van der Waals surface area (Å²) in [6.45, 7) is 6.16. The maximum atomic E-state index is 12.3. The third kappa shape index (κ3) is 3.07. The average molecular weight is 300 g/mol. The molecule has 114 valence electrons. The van der Waals surface area contributed by atoms with Crippen LogP contribution in [0.25, 0.3) is 0 Å². The first-order valence-electron chi connectivity index (χ1n) is 7.01. The van der Waals surface area contributed by atoms with E-state index in [0.717, 1.165) is 12.2 Å². The summed E-state index contributed by atoms with van der Waals surface area (Å²) >= 11 is 0. The van der Waals surface area contributed by atoms with Gasteiger partial charge in [0.05, 0.1) is 6.54 Å². The molecule has 6 heteroatoms. The van der Waals surface area contributed by atoms with Crippen molar-refractivity contribution in [3.8, 4) is 0 Å². The van der Waals surface area contributed by atoms with Gasteiger partial charge in [-0.25, -0.2) is 0 Å². The van der Waals surface area contributed by atoms with Crippen LogP contribution in [0.15, 0.2) is 16.5 Å². The standard InChI is InChI=1S/C14H24N2O3S/c1-10(2)16(5)20(17,18)15(4)9-12-6-7-14(19-12)13-8-11(13)3/h6-7,10-11,13H,8-9H2,1-5H3/t11-,13-/m0/s1. The quantitative estimate of drug-likeness (QED) is 0.810. The van der Waals surface area contributed by atoms with Crippen molar-refractivity contribution in [2.75, 3.05) is 14.1 Å². The molecule has 5 nitrogen and oxygen atoms in total. The summed E-state index contributed by atoms with van der Waals surface area (Å²) in [5, 5.41) is 0. The Labute approximate surface area is 121 Å². The zero-order valence-corrected chi connectivity index (χ0v) is 13.6. The number of furan rings is 1. The lowest BCUT2D eigenvalue weighted by Gasteiger charge is -2.26. The van der Waals surface area contributed by atoms with Crippen LogP contribution < -0.4 is 0 Å². The molecule has 0 radical (unpaired) electrons. The fourth-order valence-electron chi connectivity index (χ4n) is 2.18. The molecule has 2 atom stereocenters. The van der Waals surface area contributed by atoms with Crippen molar-refractivity contribution >= 4 is 10.2 Å². The molecular weight excluding hydrogens is 276 g/mol. The van der Waals surface area contributed by atoms with E-state index in [-0.39, 0.29) is 12.6 Å². The first kappa shape index (κ1) is 15.5. The highest BCUT2D eigenvalue weighted by molar-refractivity contribution is 7.86. The summed E-state index contributed by atoms with van der Waals surface area (Å²) in [4.78, 5) is 0. The topological polar surface area (TPSA) is 53.8 Å². The summed E-state index contributed by atoms with van der Waals surface area (Å²) in [5.74, 6) is 2.88. The fourth-order valence-corrected chi connectivity index (χ4v) is 3.45. The Morgan fingerprint density at radius 3 is 2.45 bits per heavy atom. The van der Waals surface area contributed by atoms with Crippen LogP contribution in [0.1, 0.15) is 44.6 Å². The van der Waals surface area contributed by atoms with E-state index in [0.29, 0.717) is 17.6 Å². The van der Waals surface area contributed by atoms with E-state index in [1.54, 1.807) is 14.1 Å². The Hall–Kier alpha value is -0.850. The predicted molar refractivity (Wildman–Crippen MR) is 78.5 cm³/mol. The molecule has 20 heavy (non-hydrogen) atoms. The van der Waals surface area contributed by atoms with Gasteiger partial charge in [-0.2, -0.15) is 17.0 Å². The molecule has 1 aromatic heterocycles. The summed E-state index contributed by atoms with van der Waals surface area (Å²) in [7, 11) is -0.263. The lowest BCUT2D eigenvalue weighted by molar-refractivity contribution is 0.336. The van der Waals surface area contributed by atoms with Gasteiger partial charge in [-0.15, -0.1) is 0 Å². The van der Waals surface area contributed by atoms with Crippen molar-refractivity contribution in [1.82, 2.24) is 8.61 Å². The SMILES string of the molecule is CC(C)N(C)S(=O)(=O)N(C)Cc1ccc([C@H]2C[C@@H]2C)o1. The molecule has 0 amide bonds. The molecule has 1 aromatic rings. The van der Waals surface area contributed by atoms with Crippen LogP contribution in [0.3, 0.4) is 0 Å². The van der Waals surface area contributed by atoms with Gasteiger partial charge in [-0.1, -0.05) is 6.92 Å². The minimum atomic E-state index is -3.44. The third-order valence-electron chi connectivity index (χ3n) is 4.02. The minimum absolute atomic E-state index is 0.0677. The van der Waals surface area contributed by atoms with Crippen LogP contribution >= 0.6 is 0 Å². The number of rotatable bonds is 6. The smallest absolute Gasteiger partial charge is 0.282 e. The van der Waals surface area contributed by atoms with Crippen molar-refractivity contribution in [2.24, 2.45) is 5.92 Å². The zero-order chi connectivity index (χ0) is 15.1. The van der Waals surface area contributed by atoms with Crippen LogP contribution in [0, 0.1) is 5.92 Å². The minimum Gasteiger partial charge on any atom is -0.464 e. The molecule has 0 N–H and O–H groups in total. The molecule has 0 spiro atoms. The first-order valence-corrected chi connectivity index (χ1v) is 8.41. The summed E-state index contributed by atoms with van der Waals surface area (Å²) in [6, 6.07) is 3.78. The van der Waals surface area contributed by atoms with Crippen molar-refractivity contribution in [1.29, 1.82) is 0 Å². The highest BCUT2D eigenvalue weighted by Crippen LogP contribution is 2.47. The van der Waals surface area contributed by atoms with Crippen molar-refractivity contribution in [3.63, 3.8) is 0 Å². The van der Waals surface area contributed by atoms with E-state index in [1.807, 2.05) is 26.0 Å². The van der Waals surface area contributed by atoms with Gasteiger partial charge in [0, 0.05) is 26.1 Å². The maximum Gasteiger partial charge on any atom is 0.282 e. The van der Waals surface area contributed by atoms with E-state index in [1.165, 1.54) is 8.61 Å². The molecule has 0 aliphatic heterocycles. The van der Waals surface area contributed by atoms with Crippen molar-refractivity contribution in [2.45, 2.75) is 45.7 Å². The number of nitrogens with zero attached hydrogens (tertiary/aromatic N) is 2. The Bertz CT molecular complexity index is 565. The van der Waals surface area contributed by atoms with Gasteiger partial charge in [-0.3, -0.25) is 0 Å². The predicted octanol–water partition coefficient (Wildman–Crippen LogP) is 2.42. The zero-order valence-electron chi connectivity index (χ0n) is 12.8. The molecular formula is C14H24N2O3S. The molecule has 1 aliphatic carbocycles. The lowest BCUT2D eigenvalue weighted by Crippen LogP contribution is -2.42. The fraction of sp³-hybridized carbons (Fsp3) is 0.714. The Morgan fingerprint density at radius 2 is 1.95 bits per heavy atom. The number of hydrogen-bond acceptors (Lipinski definition) is 3. The molecule has 0 bridgehead atoms. The van der Waals surface area contributed by atoms with E-state index in [4.69, 9.17) is 4.42 Å². The molecule has 0 aromatic carbocycles. The normalized spacial score (nSPS) is 23.0. The first-order chi connectivity index (χ1) is 9.23. The Morgan fingerprint density at radius 1 is 1.35 bits per heavy atom. The Balaban J connectivity index is 2.04. The second-order valence-electron chi connectivity index (χ2n) is 6.00. The van der Waals surface area contributed by atoms with Crippen LogP contribution in [-0.4, -0.2) is 37.2 Å². The monoisotopic (exact) mass is 300 g/mol. The molecule has 1 saturated carbocycles. The van der Waals surface area contributed by atoms with Crippen molar-refractivity contribution in [3.05, 3.63) is 23.7 Å². The molecule has 2 rings (SSSR count). The molecule has 0 unspecified atom stereocenters. The highest BCUT2D eigenvalue weighted by Gasteiger charge is 2.36. The molecule has 0 saturated heterocycles. The average Bonchev–Trinajstić information content (AvgIpc) is 2.91.